The molecule has 0 aromatic heterocycles. The average molecular weight is 240 g/mol. The lowest BCUT2D eigenvalue weighted by Gasteiger charge is -2.20. The topological polar surface area (TPSA) is 33.6 Å². The first-order valence-corrected chi connectivity index (χ1v) is 7.33. The van der Waals surface area contributed by atoms with Crippen LogP contribution >= 0.6 is 11.8 Å². The number of rotatable bonds is 2. The fourth-order valence-corrected chi connectivity index (χ4v) is 3.99. The van der Waals surface area contributed by atoms with Crippen molar-refractivity contribution in [3.63, 3.8) is 0 Å². The minimum Gasteiger partial charge on any atom is -0.373 e. The standard InChI is InChI=1S/C12H20N2OS/c1-7(2)10-6-16-12(14-10)13-9-5-8-3-4-11(9)15-8/h7-11H,3-6H2,1-2H3,(H,13,14). The van der Waals surface area contributed by atoms with Crippen molar-refractivity contribution in [2.75, 3.05) is 5.75 Å². The first-order valence-electron chi connectivity index (χ1n) is 6.35. The monoisotopic (exact) mass is 240 g/mol. The van der Waals surface area contributed by atoms with Crippen molar-refractivity contribution in [3.05, 3.63) is 0 Å². The van der Waals surface area contributed by atoms with Gasteiger partial charge in [-0.15, -0.1) is 0 Å². The number of ether oxygens (including phenoxy) is 1. The highest BCUT2D eigenvalue weighted by molar-refractivity contribution is 8.14. The summed E-state index contributed by atoms with van der Waals surface area (Å²) in [6, 6.07) is 1.03. The van der Waals surface area contributed by atoms with Crippen molar-refractivity contribution < 1.29 is 4.74 Å². The Morgan fingerprint density at radius 2 is 2.31 bits per heavy atom. The van der Waals surface area contributed by atoms with Gasteiger partial charge in [0.2, 0.25) is 0 Å². The van der Waals surface area contributed by atoms with E-state index in [-0.39, 0.29) is 0 Å². The van der Waals surface area contributed by atoms with Gasteiger partial charge in [-0.25, -0.2) is 0 Å². The summed E-state index contributed by atoms with van der Waals surface area (Å²) in [5, 5.41) is 4.73. The number of thioether (sulfide) groups is 1. The molecule has 16 heavy (non-hydrogen) atoms. The molecule has 4 atom stereocenters. The molecule has 0 spiro atoms. The number of hydrogen-bond acceptors (Lipinski definition) is 4. The summed E-state index contributed by atoms with van der Waals surface area (Å²) in [4.78, 5) is 4.75. The Bertz CT molecular complexity index is 305. The predicted octanol–water partition coefficient (Wildman–Crippen LogP) is 2.02. The van der Waals surface area contributed by atoms with Crippen molar-refractivity contribution in [3.8, 4) is 0 Å². The molecule has 4 unspecified atom stereocenters. The van der Waals surface area contributed by atoms with Gasteiger partial charge in [0.1, 0.15) is 0 Å². The van der Waals surface area contributed by atoms with Crippen LogP contribution in [0.4, 0.5) is 0 Å². The van der Waals surface area contributed by atoms with Crippen LogP contribution in [0.3, 0.4) is 0 Å². The van der Waals surface area contributed by atoms with E-state index in [1.807, 2.05) is 11.8 Å². The number of fused-ring (bicyclic) bond motifs is 2. The lowest BCUT2D eigenvalue weighted by atomic mass is 9.96. The lowest BCUT2D eigenvalue weighted by Crippen LogP contribution is -2.39. The molecule has 3 nitrogen and oxygen atoms in total. The van der Waals surface area contributed by atoms with Crippen molar-refractivity contribution in [1.82, 2.24) is 5.32 Å². The zero-order valence-corrected chi connectivity index (χ0v) is 10.8. The molecule has 0 aromatic carbocycles. The third kappa shape index (κ3) is 1.97. The Hall–Kier alpha value is -0.220. The van der Waals surface area contributed by atoms with Gasteiger partial charge in [-0.3, -0.25) is 4.99 Å². The fraction of sp³-hybridized carbons (Fsp3) is 0.917. The van der Waals surface area contributed by atoms with E-state index < -0.39 is 0 Å². The number of amidine groups is 1. The fourth-order valence-electron chi connectivity index (χ4n) is 2.76. The first kappa shape index (κ1) is 10.9. The molecule has 0 aliphatic carbocycles. The van der Waals surface area contributed by atoms with Crippen molar-refractivity contribution in [1.29, 1.82) is 0 Å². The Kier molecular flexibility index (Phi) is 2.88. The molecule has 0 saturated carbocycles. The van der Waals surface area contributed by atoms with Crippen LogP contribution < -0.4 is 5.32 Å². The van der Waals surface area contributed by atoms with Crippen LogP contribution in [0.25, 0.3) is 0 Å². The van der Waals surface area contributed by atoms with Crippen LogP contribution in [0.15, 0.2) is 4.99 Å². The molecule has 2 fully saturated rings. The summed E-state index contributed by atoms with van der Waals surface area (Å²) < 4.78 is 5.84. The predicted molar refractivity (Wildman–Crippen MR) is 68.0 cm³/mol. The largest absolute Gasteiger partial charge is 0.373 e. The lowest BCUT2D eigenvalue weighted by molar-refractivity contribution is 0.0994. The number of nitrogens with one attached hydrogen (secondary N) is 1. The summed E-state index contributed by atoms with van der Waals surface area (Å²) in [7, 11) is 0. The van der Waals surface area contributed by atoms with Gasteiger partial charge in [0.25, 0.3) is 0 Å². The number of nitrogens with zero attached hydrogens (tertiary/aromatic N) is 1. The molecule has 3 aliphatic heterocycles. The van der Waals surface area contributed by atoms with Gasteiger partial charge in [0.15, 0.2) is 5.17 Å². The molecule has 0 radical (unpaired) electrons. The van der Waals surface area contributed by atoms with Crippen LogP contribution in [0.5, 0.6) is 0 Å². The van der Waals surface area contributed by atoms with E-state index in [1.165, 1.54) is 19.3 Å². The average Bonchev–Trinajstić information content (AvgIpc) is 2.91. The molecule has 0 amide bonds. The summed E-state index contributed by atoms with van der Waals surface area (Å²) in [5.41, 5.74) is 0. The van der Waals surface area contributed by atoms with Crippen molar-refractivity contribution >= 4 is 16.9 Å². The summed E-state index contributed by atoms with van der Waals surface area (Å²) in [6.07, 6.45) is 4.64. The molecule has 3 aliphatic rings. The third-order valence-electron chi connectivity index (χ3n) is 3.86. The van der Waals surface area contributed by atoms with Gasteiger partial charge < -0.3 is 10.1 Å². The van der Waals surface area contributed by atoms with Crippen LogP contribution in [-0.2, 0) is 4.74 Å². The molecule has 3 rings (SSSR count). The van der Waals surface area contributed by atoms with Gasteiger partial charge in [-0.2, -0.15) is 0 Å². The van der Waals surface area contributed by atoms with E-state index in [2.05, 4.69) is 19.2 Å². The molecular weight excluding hydrogens is 220 g/mol. The Balaban J connectivity index is 1.58. The van der Waals surface area contributed by atoms with Crippen LogP contribution in [0.1, 0.15) is 33.1 Å². The smallest absolute Gasteiger partial charge is 0.157 e. The molecule has 2 bridgehead atoms. The minimum atomic E-state index is 0.450. The molecule has 90 valence electrons. The highest BCUT2D eigenvalue weighted by Gasteiger charge is 2.41. The second kappa shape index (κ2) is 4.22. The Morgan fingerprint density at radius 1 is 1.44 bits per heavy atom. The third-order valence-corrected chi connectivity index (χ3v) is 4.86. The molecule has 1 N–H and O–H groups in total. The van der Waals surface area contributed by atoms with Gasteiger partial charge in [-0.1, -0.05) is 25.6 Å². The summed E-state index contributed by atoms with van der Waals surface area (Å²) in [6.45, 7) is 4.50. The molecule has 0 aromatic rings. The Morgan fingerprint density at radius 3 is 2.88 bits per heavy atom. The second-order valence-corrected chi connectivity index (χ2v) is 6.43. The van der Waals surface area contributed by atoms with Crippen molar-refractivity contribution in [2.24, 2.45) is 10.9 Å². The van der Waals surface area contributed by atoms with E-state index in [0.717, 1.165) is 10.9 Å². The van der Waals surface area contributed by atoms with Gasteiger partial charge >= 0.3 is 0 Å². The van der Waals surface area contributed by atoms with Crippen LogP contribution in [0, 0.1) is 5.92 Å². The quantitative estimate of drug-likeness (QED) is 0.802. The summed E-state index contributed by atoms with van der Waals surface area (Å²) in [5.74, 6) is 1.80. The maximum Gasteiger partial charge on any atom is 0.157 e. The van der Waals surface area contributed by atoms with E-state index >= 15 is 0 Å². The second-order valence-electron chi connectivity index (χ2n) is 5.42. The molecule has 3 heterocycles. The van der Waals surface area contributed by atoms with Crippen LogP contribution in [-0.4, -0.2) is 35.2 Å². The summed E-state index contributed by atoms with van der Waals surface area (Å²) >= 11 is 1.88. The highest BCUT2D eigenvalue weighted by Crippen LogP contribution is 2.35. The highest BCUT2D eigenvalue weighted by atomic mass is 32.2. The minimum absolute atomic E-state index is 0.450. The maximum atomic E-state index is 5.84. The van der Waals surface area contributed by atoms with Gasteiger partial charge in [-0.05, 0) is 25.2 Å². The molecule has 4 heteroatoms. The number of hydrogen-bond donors (Lipinski definition) is 1. The van der Waals surface area contributed by atoms with E-state index in [0.29, 0.717) is 30.2 Å². The normalized spacial score (nSPS) is 41.8. The zero-order chi connectivity index (χ0) is 11.1. The first-order chi connectivity index (χ1) is 7.72. The molecule has 2 saturated heterocycles. The maximum absolute atomic E-state index is 5.84. The SMILES string of the molecule is CC(C)C1CSC(NC2CC3CCC2O3)=N1. The molecular formula is C12H20N2OS. The Labute approximate surface area is 101 Å². The van der Waals surface area contributed by atoms with Crippen LogP contribution in [0.2, 0.25) is 0 Å². The van der Waals surface area contributed by atoms with E-state index in [9.17, 15) is 0 Å². The van der Waals surface area contributed by atoms with E-state index in [4.69, 9.17) is 9.73 Å². The van der Waals surface area contributed by atoms with Crippen molar-refractivity contribution in [2.45, 2.75) is 57.4 Å². The van der Waals surface area contributed by atoms with E-state index in [1.54, 1.807) is 0 Å². The van der Waals surface area contributed by atoms with Gasteiger partial charge in [0.05, 0.1) is 24.3 Å². The zero-order valence-electron chi connectivity index (χ0n) is 9.98. The van der Waals surface area contributed by atoms with Gasteiger partial charge in [0, 0.05) is 5.75 Å². The number of aliphatic imine (C=N–C) groups is 1.